The first-order chi connectivity index (χ1) is 11.9. The van der Waals surface area contributed by atoms with Crippen molar-refractivity contribution in [3.63, 3.8) is 0 Å². The molecule has 1 aliphatic heterocycles. The lowest BCUT2D eigenvalue weighted by atomic mass is 9.96. The van der Waals surface area contributed by atoms with Gasteiger partial charge in [0.1, 0.15) is 5.82 Å². The number of hydrogen-bond donors (Lipinski definition) is 0. The van der Waals surface area contributed by atoms with E-state index in [0.717, 1.165) is 0 Å². The maximum Gasteiger partial charge on any atom is 0.226 e. The summed E-state index contributed by atoms with van der Waals surface area (Å²) in [6.45, 7) is 6.52. The van der Waals surface area contributed by atoms with Crippen molar-refractivity contribution in [2.75, 3.05) is 25.4 Å². The van der Waals surface area contributed by atoms with Gasteiger partial charge in [0, 0.05) is 37.7 Å². The maximum atomic E-state index is 13.9. The van der Waals surface area contributed by atoms with Crippen molar-refractivity contribution in [2.45, 2.75) is 26.3 Å². The number of benzene rings is 1. The van der Waals surface area contributed by atoms with E-state index in [-0.39, 0.29) is 29.9 Å². The van der Waals surface area contributed by atoms with Crippen molar-refractivity contribution in [3.05, 3.63) is 48.3 Å². The van der Waals surface area contributed by atoms with Crippen LogP contribution in [0.5, 0.6) is 0 Å². The minimum atomic E-state index is -3.21. The summed E-state index contributed by atoms with van der Waals surface area (Å²) >= 11 is 0. The van der Waals surface area contributed by atoms with E-state index in [9.17, 15) is 17.6 Å². The minimum Gasteiger partial charge on any atom is -0.334 e. The molecule has 0 saturated carbocycles. The molecule has 0 aliphatic carbocycles. The predicted molar refractivity (Wildman–Crippen MR) is 95.8 cm³/mol. The first-order valence-electron chi connectivity index (χ1n) is 8.50. The van der Waals surface area contributed by atoms with Gasteiger partial charge < -0.3 is 4.90 Å². The highest BCUT2D eigenvalue weighted by atomic mass is 32.2. The van der Waals surface area contributed by atoms with Gasteiger partial charge in [-0.3, -0.25) is 4.79 Å². The van der Waals surface area contributed by atoms with Crippen LogP contribution in [0.1, 0.15) is 25.3 Å². The van der Waals surface area contributed by atoms with Crippen molar-refractivity contribution >= 4 is 15.9 Å². The highest BCUT2D eigenvalue weighted by Gasteiger charge is 2.32. The molecule has 0 spiro atoms. The van der Waals surface area contributed by atoms with Gasteiger partial charge in [0.2, 0.25) is 15.9 Å². The summed E-state index contributed by atoms with van der Waals surface area (Å²) in [5, 5.41) is 0. The third kappa shape index (κ3) is 4.89. The summed E-state index contributed by atoms with van der Waals surface area (Å²) in [5.74, 6) is -0.582. The number of carbonyl (C=O) groups excluding carboxylic acids is 1. The number of hydrogen-bond acceptors (Lipinski definition) is 3. The molecule has 7 heteroatoms. The Hall–Kier alpha value is -1.73. The molecule has 1 aliphatic rings. The van der Waals surface area contributed by atoms with Crippen LogP contribution < -0.4 is 0 Å². The predicted octanol–water partition coefficient (Wildman–Crippen LogP) is 2.40. The van der Waals surface area contributed by atoms with Crippen LogP contribution in [0.2, 0.25) is 0 Å². The van der Waals surface area contributed by atoms with Crippen LogP contribution in [0.4, 0.5) is 4.39 Å². The molecule has 0 radical (unpaired) electrons. The van der Waals surface area contributed by atoms with Gasteiger partial charge in [-0.2, -0.15) is 0 Å². The Balaban J connectivity index is 2.04. The van der Waals surface area contributed by atoms with Crippen LogP contribution in [0, 0.1) is 11.7 Å². The number of sulfonamides is 1. The number of piperidine rings is 1. The van der Waals surface area contributed by atoms with E-state index in [4.69, 9.17) is 0 Å². The first-order valence-corrected chi connectivity index (χ1v) is 10.1. The Kier molecular flexibility index (Phi) is 6.72. The standard InChI is InChI=1S/C18H25FN2O3S/c1-3-11-20(14-16-7-5-6-8-17(16)19)18(22)15-9-12-21(13-10-15)25(23,24)4-2/h3,5-8,15H,1,4,9-14H2,2H3. The fourth-order valence-electron chi connectivity index (χ4n) is 3.04. The van der Waals surface area contributed by atoms with E-state index in [1.807, 2.05) is 0 Å². The van der Waals surface area contributed by atoms with Crippen molar-refractivity contribution in [2.24, 2.45) is 5.92 Å². The third-order valence-electron chi connectivity index (χ3n) is 4.54. The lowest BCUT2D eigenvalue weighted by molar-refractivity contribution is -0.136. The fraction of sp³-hybridized carbons (Fsp3) is 0.500. The lowest BCUT2D eigenvalue weighted by Crippen LogP contribution is -2.44. The van der Waals surface area contributed by atoms with E-state index in [2.05, 4.69) is 6.58 Å². The van der Waals surface area contributed by atoms with Crippen molar-refractivity contribution < 1.29 is 17.6 Å². The Morgan fingerprint density at radius 3 is 2.56 bits per heavy atom. The highest BCUT2D eigenvalue weighted by molar-refractivity contribution is 7.89. The molecule has 138 valence electrons. The van der Waals surface area contributed by atoms with Gasteiger partial charge in [-0.05, 0) is 25.8 Å². The molecule has 1 heterocycles. The molecule has 1 amide bonds. The fourth-order valence-corrected chi connectivity index (χ4v) is 4.17. The molecule has 1 saturated heterocycles. The molecule has 0 aromatic heterocycles. The number of carbonyl (C=O) groups is 1. The van der Waals surface area contributed by atoms with E-state index >= 15 is 0 Å². The maximum absolute atomic E-state index is 13.9. The average Bonchev–Trinajstić information content (AvgIpc) is 2.62. The molecule has 2 rings (SSSR count). The van der Waals surface area contributed by atoms with Gasteiger partial charge in [-0.25, -0.2) is 17.1 Å². The second-order valence-electron chi connectivity index (χ2n) is 6.17. The zero-order chi connectivity index (χ0) is 18.4. The van der Waals surface area contributed by atoms with E-state index < -0.39 is 10.0 Å². The monoisotopic (exact) mass is 368 g/mol. The van der Waals surface area contributed by atoms with Gasteiger partial charge in [0.15, 0.2) is 0 Å². The van der Waals surface area contributed by atoms with E-state index in [1.54, 1.807) is 36.1 Å². The van der Waals surface area contributed by atoms with Crippen LogP contribution in [0.3, 0.4) is 0 Å². The summed E-state index contributed by atoms with van der Waals surface area (Å²) in [6.07, 6.45) is 2.60. The Morgan fingerprint density at radius 1 is 1.36 bits per heavy atom. The van der Waals surface area contributed by atoms with Crippen molar-refractivity contribution in [3.8, 4) is 0 Å². The second kappa shape index (κ2) is 8.58. The first kappa shape index (κ1) is 19.6. The van der Waals surface area contributed by atoms with E-state index in [1.165, 1.54) is 10.4 Å². The van der Waals surface area contributed by atoms with Crippen molar-refractivity contribution in [1.82, 2.24) is 9.21 Å². The number of rotatable bonds is 7. The number of nitrogens with zero attached hydrogens (tertiary/aromatic N) is 2. The Bertz CT molecular complexity index is 713. The van der Waals surface area contributed by atoms with Crippen LogP contribution in [-0.2, 0) is 21.4 Å². The summed E-state index contributed by atoms with van der Waals surface area (Å²) < 4.78 is 39.2. The summed E-state index contributed by atoms with van der Waals surface area (Å²) in [5.41, 5.74) is 0.462. The lowest BCUT2D eigenvalue weighted by Gasteiger charge is -2.33. The molecular weight excluding hydrogens is 343 g/mol. The van der Waals surface area contributed by atoms with Crippen LogP contribution in [0.15, 0.2) is 36.9 Å². The third-order valence-corrected chi connectivity index (χ3v) is 6.42. The highest BCUT2D eigenvalue weighted by Crippen LogP contribution is 2.23. The minimum absolute atomic E-state index is 0.0709. The molecular formula is C18H25FN2O3S. The Labute approximate surface area is 149 Å². The van der Waals surface area contributed by atoms with Gasteiger partial charge in [-0.1, -0.05) is 24.3 Å². The second-order valence-corrected chi connectivity index (χ2v) is 8.43. The summed E-state index contributed by atoms with van der Waals surface area (Å²) in [6, 6.07) is 6.39. The normalized spacial score (nSPS) is 16.6. The van der Waals surface area contributed by atoms with Gasteiger partial charge in [0.25, 0.3) is 0 Å². The molecule has 0 atom stereocenters. The topological polar surface area (TPSA) is 57.7 Å². The van der Waals surface area contributed by atoms with Crippen molar-refractivity contribution in [1.29, 1.82) is 0 Å². The molecule has 25 heavy (non-hydrogen) atoms. The molecule has 0 unspecified atom stereocenters. The zero-order valence-corrected chi connectivity index (χ0v) is 15.3. The Morgan fingerprint density at radius 2 is 2.00 bits per heavy atom. The zero-order valence-electron chi connectivity index (χ0n) is 14.5. The van der Waals surface area contributed by atoms with E-state index in [0.29, 0.717) is 38.0 Å². The quantitative estimate of drug-likeness (QED) is 0.695. The molecule has 0 bridgehead atoms. The van der Waals surface area contributed by atoms with Gasteiger partial charge in [0.05, 0.1) is 5.75 Å². The summed E-state index contributed by atoms with van der Waals surface area (Å²) in [4.78, 5) is 14.4. The number of amides is 1. The molecule has 1 aromatic rings. The SMILES string of the molecule is C=CCN(Cc1ccccc1F)C(=O)C1CCN(S(=O)(=O)CC)CC1. The average molecular weight is 368 g/mol. The molecule has 1 aromatic carbocycles. The number of halogens is 1. The molecule has 5 nitrogen and oxygen atoms in total. The van der Waals surface area contributed by atoms with Gasteiger partial charge >= 0.3 is 0 Å². The molecule has 0 N–H and O–H groups in total. The van der Waals surface area contributed by atoms with Crippen LogP contribution in [-0.4, -0.2) is 48.9 Å². The summed E-state index contributed by atoms with van der Waals surface area (Å²) in [7, 11) is -3.21. The molecule has 1 fully saturated rings. The van der Waals surface area contributed by atoms with Crippen LogP contribution in [0.25, 0.3) is 0 Å². The largest absolute Gasteiger partial charge is 0.334 e. The van der Waals surface area contributed by atoms with Crippen LogP contribution >= 0.6 is 0 Å². The van der Waals surface area contributed by atoms with Gasteiger partial charge in [-0.15, -0.1) is 6.58 Å². The smallest absolute Gasteiger partial charge is 0.226 e.